The van der Waals surface area contributed by atoms with Gasteiger partial charge in [0.15, 0.2) is 0 Å². The number of nitrogens with two attached hydrogens (primary N) is 1. The molecule has 128 valence electrons. The van der Waals surface area contributed by atoms with Crippen LogP contribution in [0.3, 0.4) is 0 Å². The molecule has 1 aromatic rings. The van der Waals surface area contributed by atoms with Crippen LogP contribution in [0.5, 0.6) is 0 Å². The van der Waals surface area contributed by atoms with Crippen molar-refractivity contribution in [1.29, 1.82) is 0 Å². The van der Waals surface area contributed by atoms with E-state index < -0.39 is 5.91 Å². The van der Waals surface area contributed by atoms with Gasteiger partial charge in [-0.2, -0.15) is 0 Å². The van der Waals surface area contributed by atoms with Gasteiger partial charge >= 0.3 is 0 Å². The summed E-state index contributed by atoms with van der Waals surface area (Å²) in [5.74, 6) is -0.490. The number of rotatable bonds is 7. The first-order valence-corrected chi connectivity index (χ1v) is 7.07. The fourth-order valence-electron chi connectivity index (χ4n) is 1.68. The maximum absolute atomic E-state index is 11.6. The van der Waals surface area contributed by atoms with Crippen molar-refractivity contribution >= 4 is 41.5 Å². The Kier molecular flexibility index (Phi) is 9.60. The molecule has 1 rings (SSSR count). The molecule has 3 amide bonds. The number of carbonyl (C=O) groups is 3. The van der Waals surface area contributed by atoms with Crippen LogP contribution in [0.4, 0.5) is 11.4 Å². The SMILES string of the molecule is CC(C)CC(=O)Nc1ccc(NC(=O)CNC(=O)CN)cc1.Cl. The van der Waals surface area contributed by atoms with Gasteiger partial charge in [0.2, 0.25) is 17.7 Å². The molecule has 8 heteroatoms. The van der Waals surface area contributed by atoms with E-state index in [-0.39, 0.29) is 37.3 Å². The van der Waals surface area contributed by atoms with Gasteiger partial charge in [0.05, 0.1) is 13.1 Å². The molecule has 0 saturated carbocycles. The predicted octanol–water partition coefficient (Wildman–Crippen LogP) is 1.11. The van der Waals surface area contributed by atoms with Crippen LogP contribution in [0.25, 0.3) is 0 Å². The van der Waals surface area contributed by atoms with E-state index in [1.54, 1.807) is 24.3 Å². The van der Waals surface area contributed by atoms with Gasteiger partial charge in [0, 0.05) is 17.8 Å². The van der Waals surface area contributed by atoms with Crippen LogP contribution >= 0.6 is 12.4 Å². The maximum Gasteiger partial charge on any atom is 0.243 e. The van der Waals surface area contributed by atoms with Crippen molar-refractivity contribution in [3.8, 4) is 0 Å². The Labute approximate surface area is 141 Å². The molecule has 0 radical (unpaired) electrons. The van der Waals surface area contributed by atoms with Crippen molar-refractivity contribution in [2.45, 2.75) is 20.3 Å². The van der Waals surface area contributed by atoms with Gasteiger partial charge in [-0.15, -0.1) is 12.4 Å². The average molecular weight is 343 g/mol. The average Bonchev–Trinajstić information content (AvgIpc) is 2.46. The molecular weight excluding hydrogens is 320 g/mol. The highest BCUT2D eigenvalue weighted by atomic mass is 35.5. The van der Waals surface area contributed by atoms with Crippen LogP contribution in [-0.4, -0.2) is 30.8 Å². The summed E-state index contributed by atoms with van der Waals surface area (Å²) < 4.78 is 0. The zero-order chi connectivity index (χ0) is 16.5. The highest BCUT2D eigenvalue weighted by Gasteiger charge is 2.07. The lowest BCUT2D eigenvalue weighted by Gasteiger charge is -2.09. The third kappa shape index (κ3) is 8.80. The summed E-state index contributed by atoms with van der Waals surface area (Å²) in [5.41, 5.74) is 6.36. The number of carbonyl (C=O) groups excluding carboxylic acids is 3. The predicted molar refractivity (Wildman–Crippen MR) is 92.5 cm³/mol. The van der Waals surface area contributed by atoms with E-state index in [0.29, 0.717) is 23.7 Å². The maximum atomic E-state index is 11.6. The zero-order valence-electron chi connectivity index (χ0n) is 13.2. The molecule has 0 unspecified atom stereocenters. The van der Waals surface area contributed by atoms with Crippen LogP contribution in [0.15, 0.2) is 24.3 Å². The van der Waals surface area contributed by atoms with E-state index >= 15 is 0 Å². The molecule has 0 fully saturated rings. The molecule has 0 aliphatic rings. The van der Waals surface area contributed by atoms with Gasteiger partial charge in [-0.05, 0) is 30.2 Å². The Hall–Kier alpha value is -2.12. The van der Waals surface area contributed by atoms with E-state index in [1.165, 1.54) is 0 Å². The number of hydrogen-bond donors (Lipinski definition) is 4. The standard InChI is InChI=1S/C15H22N4O3.ClH/c1-10(2)7-13(20)18-11-3-5-12(6-4-11)19-15(22)9-17-14(21)8-16;/h3-6,10H,7-9,16H2,1-2H3,(H,17,21)(H,18,20)(H,19,22);1H. The minimum Gasteiger partial charge on any atom is -0.346 e. The van der Waals surface area contributed by atoms with Crippen molar-refractivity contribution in [3.63, 3.8) is 0 Å². The first kappa shape index (κ1) is 20.9. The summed E-state index contributed by atoms with van der Waals surface area (Å²) in [6.07, 6.45) is 0.458. The highest BCUT2D eigenvalue weighted by Crippen LogP contribution is 2.14. The van der Waals surface area contributed by atoms with E-state index in [9.17, 15) is 14.4 Å². The summed E-state index contributed by atoms with van der Waals surface area (Å²) >= 11 is 0. The highest BCUT2D eigenvalue weighted by molar-refractivity contribution is 5.95. The molecule has 0 spiro atoms. The monoisotopic (exact) mass is 342 g/mol. The first-order chi connectivity index (χ1) is 10.4. The molecule has 0 bridgehead atoms. The second-order valence-corrected chi connectivity index (χ2v) is 5.25. The number of nitrogens with one attached hydrogen (secondary N) is 3. The number of benzene rings is 1. The number of halogens is 1. The molecule has 7 nitrogen and oxygen atoms in total. The fraction of sp³-hybridized carbons (Fsp3) is 0.400. The minimum absolute atomic E-state index is 0. The summed E-state index contributed by atoms with van der Waals surface area (Å²) in [6, 6.07) is 6.75. The molecule has 0 heterocycles. The lowest BCUT2D eigenvalue weighted by atomic mass is 10.1. The number of amides is 3. The summed E-state index contributed by atoms with van der Waals surface area (Å²) in [5, 5.41) is 7.78. The van der Waals surface area contributed by atoms with Crippen LogP contribution in [0.1, 0.15) is 20.3 Å². The smallest absolute Gasteiger partial charge is 0.243 e. The van der Waals surface area contributed by atoms with Gasteiger partial charge in [-0.3, -0.25) is 14.4 Å². The Bertz CT molecular complexity index is 532. The molecule has 0 aromatic heterocycles. The van der Waals surface area contributed by atoms with Gasteiger partial charge in [0.1, 0.15) is 0 Å². The molecule has 0 aliphatic carbocycles. The van der Waals surface area contributed by atoms with Gasteiger partial charge in [-0.25, -0.2) is 0 Å². The minimum atomic E-state index is -0.390. The summed E-state index contributed by atoms with van der Waals surface area (Å²) in [4.78, 5) is 34.1. The van der Waals surface area contributed by atoms with Crippen molar-refractivity contribution in [3.05, 3.63) is 24.3 Å². The van der Waals surface area contributed by atoms with E-state index in [2.05, 4.69) is 16.0 Å². The third-order valence-electron chi connectivity index (χ3n) is 2.68. The molecule has 23 heavy (non-hydrogen) atoms. The van der Waals surface area contributed by atoms with E-state index in [4.69, 9.17) is 5.73 Å². The molecule has 0 aliphatic heterocycles. The van der Waals surface area contributed by atoms with Crippen LogP contribution in [0.2, 0.25) is 0 Å². The second kappa shape index (κ2) is 10.6. The summed E-state index contributed by atoms with van der Waals surface area (Å²) in [6.45, 7) is 3.66. The molecule has 0 atom stereocenters. The normalized spacial score (nSPS) is 9.74. The Morgan fingerprint density at radius 2 is 1.43 bits per heavy atom. The quantitative estimate of drug-likeness (QED) is 0.594. The zero-order valence-corrected chi connectivity index (χ0v) is 14.0. The van der Waals surface area contributed by atoms with Crippen molar-refractivity contribution in [2.24, 2.45) is 11.7 Å². The third-order valence-corrected chi connectivity index (χ3v) is 2.68. The second-order valence-electron chi connectivity index (χ2n) is 5.25. The molecule has 1 aromatic carbocycles. The van der Waals surface area contributed by atoms with Gasteiger partial charge in [0.25, 0.3) is 0 Å². The van der Waals surface area contributed by atoms with Crippen LogP contribution in [-0.2, 0) is 14.4 Å². The van der Waals surface area contributed by atoms with Crippen molar-refractivity contribution in [2.75, 3.05) is 23.7 Å². The summed E-state index contributed by atoms with van der Waals surface area (Å²) in [7, 11) is 0. The molecule has 5 N–H and O–H groups in total. The first-order valence-electron chi connectivity index (χ1n) is 7.07. The topological polar surface area (TPSA) is 113 Å². The lowest BCUT2D eigenvalue weighted by molar-refractivity contribution is -0.123. The lowest BCUT2D eigenvalue weighted by Crippen LogP contribution is -2.36. The van der Waals surface area contributed by atoms with Gasteiger partial charge < -0.3 is 21.7 Å². The van der Waals surface area contributed by atoms with Crippen molar-refractivity contribution in [1.82, 2.24) is 5.32 Å². The van der Waals surface area contributed by atoms with Crippen LogP contribution in [0, 0.1) is 5.92 Å². The number of hydrogen-bond acceptors (Lipinski definition) is 4. The fourth-order valence-corrected chi connectivity index (χ4v) is 1.68. The van der Waals surface area contributed by atoms with Gasteiger partial charge in [-0.1, -0.05) is 13.8 Å². The Morgan fingerprint density at radius 1 is 0.957 bits per heavy atom. The van der Waals surface area contributed by atoms with E-state index in [1.807, 2.05) is 13.8 Å². The molecular formula is C15H23ClN4O3. The molecule has 0 saturated heterocycles. The van der Waals surface area contributed by atoms with Crippen LogP contribution < -0.4 is 21.7 Å². The largest absolute Gasteiger partial charge is 0.346 e. The Morgan fingerprint density at radius 3 is 1.87 bits per heavy atom. The number of anilines is 2. The Balaban J connectivity index is 0.00000484. The van der Waals surface area contributed by atoms with Crippen molar-refractivity contribution < 1.29 is 14.4 Å². The van der Waals surface area contributed by atoms with E-state index in [0.717, 1.165) is 0 Å².